The summed E-state index contributed by atoms with van der Waals surface area (Å²) in [6, 6.07) is 0. The maximum absolute atomic E-state index is 6.33. The van der Waals surface area contributed by atoms with Crippen molar-refractivity contribution in [3.63, 3.8) is 0 Å². The van der Waals surface area contributed by atoms with Crippen LogP contribution in [0.25, 0.3) is 0 Å². The van der Waals surface area contributed by atoms with E-state index >= 15 is 0 Å². The summed E-state index contributed by atoms with van der Waals surface area (Å²) in [5.41, 5.74) is 0. The molecule has 0 unspecified atom stereocenters. The van der Waals surface area contributed by atoms with E-state index in [0.29, 0.717) is 0 Å². The summed E-state index contributed by atoms with van der Waals surface area (Å²) in [6.07, 6.45) is 6.83. The van der Waals surface area contributed by atoms with Gasteiger partial charge in [-0.3, -0.25) is 0 Å². The van der Waals surface area contributed by atoms with Crippen LogP contribution in [-0.4, -0.2) is 0 Å². The molecule has 30 valence electrons. The molecule has 0 aliphatic rings. The van der Waals surface area contributed by atoms with Gasteiger partial charge in [0.2, 0.25) is 0 Å². The lowest BCUT2D eigenvalue weighted by molar-refractivity contribution is 2.05. The van der Waals surface area contributed by atoms with Crippen molar-refractivity contribution < 1.29 is 1.37 Å². The van der Waals surface area contributed by atoms with Crippen LogP contribution in [0, 0.1) is 12.3 Å². The van der Waals surface area contributed by atoms with E-state index in [2.05, 4.69) is 12.5 Å². The average Bonchev–Trinajstić information content (AvgIpc) is 1.69. The van der Waals surface area contributed by atoms with Gasteiger partial charge in [0.1, 0.15) is 1.37 Å². The number of terminal acetylenes is 1. The Hall–Kier alpha value is -0.960. The predicted molar refractivity (Wildman–Crippen MR) is 28.2 cm³/mol. The molecule has 0 heteroatoms. The van der Waals surface area contributed by atoms with Crippen LogP contribution in [0.1, 0.15) is 1.37 Å². The van der Waals surface area contributed by atoms with Crippen molar-refractivity contribution in [2.24, 2.45) is 0 Å². The highest BCUT2D eigenvalue weighted by molar-refractivity contribution is 5.13. The fourth-order valence-electron chi connectivity index (χ4n) is 0.116. The molecule has 0 rings (SSSR count). The Morgan fingerprint density at radius 3 is 3.33 bits per heavy atom. The average molecular weight is 79.1 g/mol. The molecule has 0 heterocycles. The number of rotatable bonds is 1. The van der Waals surface area contributed by atoms with E-state index in [1.54, 1.807) is 18.2 Å². The van der Waals surface area contributed by atoms with E-state index in [-0.39, 0.29) is 0 Å². The molecule has 0 aromatic rings. The highest BCUT2D eigenvalue weighted by Gasteiger charge is 1.47. The third kappa shape index (κ3) is 3.04. The van der Waals surface area contributed by atoms with Crippen molar-refractivity contribution in [2.45, 2.75) is 0 Å². The zero-order chi connectivity index (χ0) is 5.54. The molecular formula is C6H6. The van der Waals surface area contributed by atoms with Crippen molar-refractivity contribution >= 4 is 0 Å². The standard InChI is InChI=1S/C6H6/c1-3-5-6-4-2/h1,4-6H,2H2/b6-5-/i1D. The van der Waals surface area contributed by atoms with Gasteiger partial charge in [-0.1, -0.05) is 24.7 Å². The van der Waals surface area contributed by atoms with Gasteiger partial charge in [-0.2, -0.15) is 0 Å². The van der Waals surface area contributed by atoms with E-state index in [1.165, 1.54) is 0 Å². The number of hydrogen-bond donors (Lipinski definition) is 0. The van der Waals surface area contributed by atoms with Crippen LogP contribution in [-0.2, 0) is 0 Å². The second-order valence-corrected chi connectivity index (χ2v) is 0.739. The molecule has 0 amide bonds. The third-order valence-electron chi connectivity index (χ3n) is 0.316. The van der Waals surface area contributed by atoms with Crippen LogP contribution in [0.2, 0.25) is 0 Å². The number of allylic oxidation sites excluding steroid dienone is 3. The van der Waals surface area contributed by atoms with E-state index < -0.39 is 0 Å². The molecule has 0 saturated carbocycles. The smallest absolute Gasteiger partial charge is 0.115 e. The largest absolute Gasteiger partial charge is 0.124 e. The van der Waals surface area contributed by atoms with Gasteiger partial charge >= 0.3 is 0 Å². The summed E-state index contributed by atoms with van der Waals surface area (Å²) in [5, 5.41) is 0. The van der Waals surface area contributed by atoms with Gasteiger partial charge in [0, 0.05) is 0 Å². The second kappa shape index (κ2) is 4.04. The fourth-order valence-corrected chi connectivity index (χ4v) is 0.116. The summed E-state index contributed by atoms with van der Waals surface area (Å²) in [7, 11) is 0. The van der Waals surface area contributed by atoms with Gasteiger partial charge in [0.25, 0.3) is 0 Å². The molecule has 6 heavy (non-hydrogen) atoms. The molecule has 0 saturated heterocycles. The minimum Gasteiger partial charge on any atom is -0.115 e. The summed E-state index contributed by atoms with van der Waals surface area (Å²) in [4.78, 5) is 0. The van der Waals surface area contributed by atoms with Crippen LogP contribution in [0.15, 0.2) is 24.8 Å². The first kappa shape index (κ1) is 3.24. The van der Waals surface area contributed by atoms with Crippen LogP contribution < -0.4 is 0 Å². The van der Waals surface area contributed by atoms with Crippen molar-refractivity contribution in [1.82, 2.24) is 0 Å². The van der Waals surface area contributed by atoms with Gasteiger partial charge in [-0.05, 0) is 6.08 Å². The molecule has 0 aromatic heterocycles. The second-order valence-electron chi connectivity index (χ2n) is 0.739. The lowest BCUT2D eigenvalue weighted by Crippen LogP contribution is -1.39. The third-order valence-corrected chi connectivity index (χ3v) is 0.316. The highest BCUT2D eigenvalue weighted by atomic mass is 13.5. The van der Waals surface area contributed by atoms with E-state index in [9.17, 15) is 0 Å². The van der Waals surface area contributed by atoms with Crippen LogP contribution >= 0.6 is 0 Å². The lowest BCUT2D eigenvalue weighted by Gasteiger charge is -1.57. The summed E-state index contributed by atoms with van der Waals surface area (Å²) < 4.78 is 6.33. The Kier molecular flexibility index (Phi) is 2.18. The summed E-state index contributed by atoms with van der Waals surface area (Å²) >= 11 is 0. The van der Waals surface area contributed by atoms with Gasteiger partial charge in [0.05, 0.1) is 0 Å². The molecule has 0 atom stereocenters. The van der Waals surface area contributed by atoms with Gasteiger partial charge in [-0.15, -0.1) is 6.40 Å². The van der Waals surface area contributed by atoms with Crippen molar-refractivity contribution in [1.29, 1.82) is 0 Å². The molecule has 0 aromatic carbocycles. The Balaban J connectivity index is 3.40. The quantitative estimate of drug-likeness (QED) is 0.329. The van der Waals surface area contributed by atoms with Crippen molar-refractivity contribution in [2.75, 3.05) is 0 Å². The Morgan fingerprint density at radius 2 is 2.83 bits per heavy atom. The van der Waals surface area contributed by atoms with E-state index in [1.807, 2.05) is 6.40 Å². The van der Waals surface area contributed by atoms with Crippen LogP contribution in [0.4, 0.5) is 0 Å². The topological polar surface area (TPSA) is 0 Å². The summed E-state index contributed by atoms with van der Waals surface area (Å²) in [6.45, 7) is 3.42. The van der Waals surface area contributed by atoms with Crippen LogP contribution in [0.5, 0.6) is 0 Å². The lowest BCUT2D eigenvalue weighted by atomic mass is 10.5. The minimum atomic E-state index is 1.57. The van der Waals surface area contributed by atoms with Crippen LogP contribution in [0.3, 0.4) is 0 Å². The molecule has 0 bridgehead atoms. The fraction of sp³-hybridized carbons (Fsp3) is 0. The predicted octanol–water partition coefficient (Wildman–Crippen LogP) is 1.36. The minimum absolute atomic E-state index is 1.57. The Morgan fingerprint density at radius 1 is 2.00 bits per heavy atom. The number of hydrogen-bond acceptors (Lipinski definition) is 0. The molecule has 0 aliphatic heterocycles. The maximum Gasteiger partial charge on any atom is 0.124 e. The monoisotopic (exact) mass is 79.1 g/mol. The molecule has 0 fully saturated rings. The molecule has 0 aliphatic carbocycles. The summed E-state index contributed by atoms with van der Waals surface area (Å²) in [5.74, 6) is 2.41. The molecule has 0 N–H and O–H groups in total. The maximum atomic E-state index is 6.33. The van der Waals surface area contributed by atoms with Gasteiger partial charge < -0.3 is 0 Å². The van der Waals surface area contributed by atoms with Gasteiger partial charge in [-0.25, -0.2) is 0 Å². The normalized spacial score (nSPS) is 9.00. The SMILES string of the molecule is [2H]C#C/C=C\C=C. The van der Waals surface area contributed by atoms with Gasteiger partial charge in [0.15, 0.2) is 0 Å². The Bertz CT molecular complexity index is 123. The van der Waals surface area contributed by atoms with E-state index in [4.69, 9.17) is 1.37 Å². The van der Waals surface area contributed by atoms with Crippen molar-refractivity contribution in [3.05, 3.63) is 24.8 Å². The first-order valence-electron chi connectivity index (χ1n) is 2.11. The van der Waals surface area contributed by atoms with Crippen molar-refractivity contribution in [3.8, 4) is 12.3 Å². The molecule has 0 radical (unpaired) electrons. The zero-order valence-electron chi connectivity index (χ0n) is 4.44. The first-order valence-corrected chi connectivity index (χ1v) is 1.61. The highest BCUT2D eigenvalue weighted by Crippen LogP contribution is 1.65. The zero-order valence-corrected chi connectivity index (χ0v) is 3.44. The molecule has 0 spiro atoms. The van der Waals surface area contributed by atoms with E-state index in [0.717, 1.165) is 0 Å². The first-order chi connectivity index (χ1) is 3.41. The molecule has 0 nitrogen and oxygen atoms in total. The Labute approximate surface area is 39.6 Å². The molecular weight excluding hydrogens is 72.1 g/mol.